The number of hydrogen-bond acceptors (Lipinski definition) is 5. The number of nitrogens with zero attached hydrogens (tertiary/aromatic N) is 7. The Kier molecular flexibility index (Phi) is 11.2. The molecule has 1 unspecified atom stereocenters. The van der Waals surface area contributed by atoms with E-state index in [0.717, 1.165) is 64.6 Å². The topological polar surface area (TPSA) is 72.2 Å². The highest BCUT2D eigenvalue weighted by Gasteiger charge is 2.24. The standard InChI is InChI=1S/C22H40N8O.HI/c1-23-22(24-16-20(26(2)3)19-15-25-27(4)17-19)30-13-11-28(12-14-30)18-21(31)29-9-7-5-6-8-10-29;/h15,17,20H,5-14,16,18H2,1-4H3,(H,23,24);1H. The largest absolute Gasteiger partial charge is 0.354 e. The number of aryl methyl sites for hydroxylation is 1. The van der Waals surface area contributed by atoms with E-state index >= 15 is 0 Å². The van der Waals surface area contributed by atoms with Crippen LogP contribution >= 0.6 is 24.0 Å². The number of carbonyl (C=O) groups excluding carboxylic acids is 1. The molecule has 2 saturated heterocycles. The Hall–Kier alpha value is -1.40. The van der Waals surface area contributed by atoms with Gasteiger partial charge in [0.05, 0.1) is 18.8 Å². The maximum absolute atomic E-state index is 12.7. The second-order valence-electron chi connectivity index (χ2n) is 8.91. The van der Waals surface area contributed by atoms with Crippen LogP contribution in [0.2, 0.25) is 0 Å². The summed E-state index contributed by atoms with van der Waals surface area (Å²) in [4.78, 5) is 26.1. The number of likely N-dealkylation sites (N-methyl/N-ethyl adjacent to an activating group) is 1. The molecule has 0 bridgehead atoms. The first-order chi connectivity index (χ1) is 15.0. The minimum absolute atomic E-state index is 0. The van der Waals surface area contributed by atoms with Crippen molar-refractivity contribution in [1.82, 2.24) is 34.7 Å². The summed E-state index contributed by atoms with van der Waals surface area (Å²) in [5.74, 6) is 1.22. The van der Waals surface area contributed by atoms with Crippen LogP contribution in [0.4, 0.5) is 0 Å². The number of guanidine groups is 1. The normalized spacial score (nSPS) is 19.5. The first-order valence-electron chi connectivity index (χ1n) is 11.6. The van der Waals surface area contributed by atoms with E-state index in [1.54, 1.807) is 0 Å². The molecule has 3 rings (SSSR count). The molecule has 1 amide bonds. The number of piperazine rings is 1. The van der Waals surface area contributed by atoms with Crippen molar-refractivity contribution in [2.45, 2.75) is 31.7 Å². The first-order valence-corrected chi connectivity index (χ1v) is 11.6. The van der Waals surface area contributed by atoms with E-state index in [1.807, 2.05) is 25.0 Å². The molecule has 32 heavy (non-hydrogen) atoms. The van der Waals surface area contributed by atoms with Gasteiger partial charge in [0.2, 0.25) is 5.91 Å². The first kappa shape index (κ1) is 26.8. The van der Waals surface area contributed by atoms with E-state index in [9.17, 15) is 4.79 Å². The van der Waals surface area contributed by atoms with Crippen molar-refractivity contribution in [3.8, 4) is 0 Å². The number of carbonyl (C=O) groups is 1. The molecule has 0 spiro atoms. The second kappa shape index (κ2) is 13.3. The number of hydrogen-bond donors (Lipinski definition) is 1. The van der Waals surface area contributed by atoms with Crippen LogP contribution in [-0.2, 0) is 11.8 Å². The van der Waals surface area contributed by atoms with Gasteiger partial charge in [0, 0.05) is 71.7 Å². The van der Waals surface area contributed by atoms with Gasteiger partial charge in [-0.1, -0.05) is 12.8 Å². The maximum Gasteiger partial charge on any atom is 0.236 e. The zero-order valence-corrected chi connectivity index (χ0v) is 22.5. The third kappa shape index (κ3) is 7.58. The van der Waals surface area contributed by atoms with E-state index in [1.165, 1.54) is 18.4 Å². The second-order valence-corrected chi connectivity index (χ2v) is 8.91. The molecule has 10 heteroatoms. The maximum atomic E-state index is 12.7. The summed E-state index contributed by atoms with van der Waals surface area (Å²) >= 11 is 0. The van der Waals surface area contributed by atoms with E-state index in [2.05, 4.69) is 55.3 Å². The SMILES string of the molecule is CN=C(NCC(c1cnn(C)c1)N(C)C)N1CCN(CC(=O)N2CCCCCC2)CC1.I. The van der Waals surface area contributed by atoms with Gasteiger partial charge in [-0.3, -0.25) is 19.4 Å². The van der Waals surface area contributed by atoms with E-state index in [-0.39, 0.29) is 30.0 Å². The average molecular weight is 561 g/mol. The fourth-order valence-corrected chi connectivity index (χ4v) is 4.46. The smallest absolute Gasteiger partial charge is 0.236 e. The van der Waals surface area contributed by atoms with Gasteiger partial charge in [0.15, 0.2) is 5.96 Å². The summed E-state index contributed by atoms with van der Waals surface area (Å²) in [5.41, 5.74) is 1.19. The highest BCUT2D eigenvalue weighted by molar-refractivity contribution is 14.0. The Morgan fingerprint density at radius 2 is 1.75 bits per heavy atom. The lowest BCUT2D eigenvalue weighted by atomic mass is 10.1. The minimum atomic E-state index is 0. The summed E-state index contributed by atoms with van der Waals surface area (Å²) < 4.78 is 1.84. The number of rotatable bonds is 6. The Morgan fingerprint density at radius 1 is 1.09 bits per heavy atom. The van der Waals surface area contributed by atoms with Gasteiger partial charge in [-0.25, -0.2) is 0 Å². The molecule has 0 aliphatic carbocycles. The molecular weight excluding hydrogens is 519 g/mol. The lowest BCUT2D eigenvalue weighted by Crippen LogP contribution is -2.54. The van der Waals surface area contributed by atoms with Crippen molar-refractivity contribution in [3.63, 3.8) is 0 Å². The molecule has 1 aromatic heterocycles. The quantitative estimate of drug-likeness (QED) is 0.321. The van der Waals surface area contributed by atoms with Gasteiger partial charge in [0.1, 0.15) is 0 Å². The van der Waals surface area contributed by atoms with E-state index in [0.29, 0.717) is 12.5 Å². The zero-order chi connectivity index (χ0) is 22.2. The van der Waals surface area contributed by atoms with Crippen LogP contribution in [0.15, 0.2) is 17.4 Å². The lowest BCUT2D eigenvalue weighted by Gasteiger charge is -2.37. The molecule has 0 saturated carbocycles. The highest BCUT2D eigenvalue weighted by atomic mass is 127. The molecule has 2 aliphatic rings. The summed E-state index contributed by atoms with van der Waals surface area (Å²) in [7, 11) is 7.95. The molecule has 2 fully saturated rings. The predicted octanol–water partition coefficient (Wildman–Crippen LogP) is 1.24. The van der Waals surface area contributed by atoms with Crippen LogP contribution in [0, 0.1) is 0 Å². The fraction of sp³-hybridized carbons (Fsp3) is 0.773. The Morgan fingerprint density at radius 3 is 2.28 bits per heavy atom. The average Bonchev–Trinajstić information content (AvgIpc) is 3.00. The van der Waals surface area contributed by atoms with Gasteiger partial charge in [-0.2, -0.15) is 5.10 Å². The predicted molar refractivity (Wildman–Crippen MR) is 139 cm³/mol. The molecule has 182 valence electrons. The third-order valence-corrected chi connectivity index (χ3v) is 6.39. The highest BCUT2D eigenvalue weighted by Crippen LogP contribution is 2.16. The van der Waals surface area contributed by atoms with Crippen LogP contribution in [-0.4, -0.2) is 115 Å². The van der Waals surface area contributed by atoms with Gasteiger partial charge >= 0.3 is 0 Å². The lowest BCUT2D eigenvalue weighted by molar-refractivity contribution is -0.132. The number of aromatic nitrogens is 2. The Labute approximate surface area is 210 Å². The van der Waals surface area contributed by atoms with Crippen molar-refractivity contribution in [1.29, 1.82) is 0 Å². The van der Waals surface area contributed by atoms with E-state index in [4.69, 9.17) is 0 Å². The van der Waals surface area contributed by atoms with E-state index < -0.39 is 0 Å². The minimum Gasteiger partial charge on any atom is -0.354 e. The molecule has 1 N–H and O–H groups in total. The summed E-state index contributed by atoms with van der Waals surface area (Å²) in [6, 6.07) is 0.220. The van der Waals surface area contributed by atoms with Crippen LogP contribution in [0.1, 0.15) is 37.3 Å². The molecule has 0 radical (unpaired) electrons. The molecule has 9 nitrogen and oxygen atoms in total. The molecular formula is C22H41IN8O. The molecule has 1 atom stereocenters. The summed E-state index contributed by atoms with van der Waals surface area (Å²) in [5, 5.41) is 7.86. The molecule has 3 heterocycles. The van der Waals surface area contributed by atoms with Crippen molar-refractivity contribution < 1.29 is 4.79 Å². The van der Waals surface area contributed by atoms with Gasteiger partial charge in [-0.05, 0) is 26.9 Å². The van der Waals surface area contributed by atoms with Crippen molar-refractivity contribution in [2.24, 2.45) is 12.0 Å². The Balaban J connectivity index is 0.00000363. The summed E-state index contributed by atoms with van der Waals surface area (Å²) in [6.45, 7) is 6.71. The number of aliphatic imine (C=N–C) groups is 1. The third-order valence-electron chi connectivity index (χ3n) is 6.39. The molecule has 0 aromatic carbocycles. The fourth-order valence-electron chi connectivity index (χ4n) is 4.46. The number of halogens is 1. The van der Waals surface area contributed by atoms with Crippen molar-refractivity contribution >= 4 is 35.8 Å². The van der Waals surface area contributed by atoms with Crippen LogP contribution < -0.4 is 5.32 Å². The number of nitrogens with one attached hydrogen (secondary N) is 1. The Bertz CT molecular complexity index is 721. The number of amides is 1. The zero-order valence-electron chi connectivity index (χ0n) is 20.2. The molecule has 2 aliphatic heterocycles. The van der Waals surface area contributed by atoms with Crippen molar-refractivity contribution in [3.05, 3.63) is 18.0 Å². The van der Waals surface area contributed by atoms with Gasteiger partial charge in [0.25, 0.3) is 0 Å². The van der Waals surface area contributed by atoms with Crippen LogP contribution in [0.5, 0.6) is 0 Å². The van der Waals surface area contributed by atoms with Crippen LogP contribution in [0.25, 0.3) is 0 Å². The monoisotopic (exact) mass is 560 g/mol. The molecule has 1 aromatic rings. The van der Waals surface area contributed by atoms with Crippen molar-refractivity contribution in [2.75, 3.05) is 73.5 Å². The van der Waals surface area contributed by atoms with Gasteiger partial charge < -0.3 is 20.0 Å². The van der Waals surface area contributed by atoms with Crippen LogP contribution in [0.3, 0.4) is 0 Å². The van der Waals surface area contributed by atoms with Gasteiger partial charge in [-0.15, -0.1) is 24.0 Å². The summed E-state index contributed by atoms with van der Waals surface area (Å²) in [6.07, 6.45) is 8.79. The number of likely N-dealkylation sites (tertiary alicyclic amines) is 1.